The molecule has 14 aromatic rings. The van der Waals surface area contributed by atoms with Crippen molar-refractivity contribution in [3.63, 3.8) is 0 Å². The van der Waals surface area contributed by atoms with Crippen molar-refractivity contribution in [1.82, 2.24) is 9.13 Å². The van der Waals surface area contributed by atoms with Crippen LogP contribution in [-0.2, 0) is 6.42 Å². The van der Waals surface area contributed by atoms with Crippen LogP contribution in [0.25, 0.3) is 77.2 Å². The molecule has 0 aliphatic rings. The topological polar surface area (TPSA) is 13.1 Å². The van der Waals surface area contributed by atoms with E-state index >= 15 is 0 Å². The molecule has 0 saturated heterocycles. The maximum absolute atomic E-state index is 3.69. The standard InChI is InChI=1S/C36H26N2.C24H16BrN.C13H12/c1-4-14-28(15-5-1)37(29-16-6-2-7-17-29)34-22-12-10-20-31(34)27-24-25-33-32-21-11-13-23-35(32)38(36(33)26-27)30-18-8-3-9-19-30;25-22-12-6-4-10-19(22)17-14-15-21-20-11-5-7-13-23(20)26(24(21)16-17)18-8-2-1-3-9-18;1-3-7-12(8-4-1)11-13-9-5-2-6-10-13/h1-26H;1-16H;1-10H,11H2. The monoisotopic (exact) mass is 1050 g/mol. The van der Waals surface area contributed by atoms with Crippen LogP contribution >= 0.6 is 15.9 Å². The Hall–Kier alpha value is -9.48. The summed E-state index contributed by atoms with van der Waals surface area (Å²) in [6, 6.07) is 111. The summed E-state index contributed by atoms with van der Waals surface area (Å²) in [5.74, 6) is 0. The van der Waals surface area contributed by atoms with E-state index in [-0.39, 0.29) is 0 Å². The molecule has 368 valence electrons. The maximum atomic E-state index is 3.69. The smallest absolute Gasteiger partial charge is 0.0547 e. The highest BCUT2D eigenvalue weighted by Crippen LogP contribution is 2.43. The Morgan fingerprint density at radius 1 is 0.286 bits per heavy atom. The van der Waals surface area contributed by atoms with Crippen molar-refractivity contribution in [3.8, 4) is 33.6 Å². The number of nitrogens with zero attached hydrogens (tertiary/aromatic N) is 3. The van der Waals surface area contributed by atoms with Gasteiger partial charge in [-0.1, -0.05) is 246 Å². The Kier molecular flexibility index (Phi) is 14.2. The second-order valence-corrected chi connectivity index (χ2v) is 19.8. The van der Waals surface area contributed by atoms with Crippen LogP contribution in [0.5, 0.6) is 0 Å². The fourth-order valence-corrected chi connectivity index (χ4v) is 11.1. The normalized spacial score (nSPS) is 11.0. The first kappa shape index (κ1) is 48.5. The molecule has 0 radical (unpaired) electrons. The van der Waals surface area contributed by atoms with Crippen molar-refractivity contribution in [2.45, 2.75) is 6.42 Å². The lowest BCUT2D eigenvalue weighted by Crippen LogP contribution is -2.10. The molecule has 0 bridgehead atoms. The first-order chi connectivity index (χ1) is 38.2. The van der Waals surface area contributed by atoms with Crippen LogP contribution in [-0.4, -0.2) is 9.13 Å². The fraction of sp³-hybridized carbons (Fsp3) is 0.0137. The zero-order valence-electron chi connectivity index (χ0n) is 42.4. The van der Waals surface area contributed by atoms with Crippen LogP contribution in [0, 0.1) is 0 Å². The first-order valence-corrected chi connectivity index (χ1v) is 27.0. The Labute approximate surface area is 459 Å². The number of rotatable bonds is 9. The molecule has 0 aliphatic carbocycles. The summed E-state index contributed by atoms with van der Waals surface area (Å²) in [5.41, 5.74) is 18.2. The SMILES string of the molecule is Brc1ccccc1-c1ccc2c3ccccc3n(-c3ccccc3)c2c1.c1ccc(Cc2ccccc2)cc1.c1ccc(N(c2ccccc2)c2ccccc2-c2ccc3c4ccccc4n(-c4ccccc4)c3c2)cc1. The molecular formula is C73H54BrN3. The van der Waals surface area contributed by atoms with Crippen LogP contribution < -0.4 is 4.90 Å². The number of para-hydroxylation sites is 7. The zero-order valence-corrected chi connectivity index (χ0v) is 44.0. The van der Waals surface area contributed by atoms with Gasteiger partial charge >= 0.3 is 0 Å². The molecule has 3 nitrogen and oxygen atoms in total. The summed E-state index contributed by atoms with van der Waals surface area (Å²) in [4.78, 5) is 2.34. The minimum absolute atomic E-state index is 1.03. The number of anilines is 3. The van der Waals surface area contributed by atoms with E-state index in [0.717, 1.165) is 28.0 Å². The third-order valence-corrected chi connectivity index (χ3v) is 14.8. The Balaban J connectivity index is 0.000000131. The van der Waals surface area contributed by atoms with Gasteiger partial charge in [-0.3, -0.25) is 0 Å². The lowest BCUT2D eigenvalue weighted by atomic mass is 10.00. The molecule has 12 aromatic carbocycles. The molecule has 0 N–H and O–H groups in total. The number of aromatic nitrogens is 2. The predicted octanol–water partition coefficient (Wildman–Crippen LogP) is 20.4. The van der Waals surface area contributed by atoms with Crippen LogP contribution in [0.3, 0.4) is 0 Å². The molecule has 0 spiro atoms. The highest BCUT2D eigenvalue weighted by atomic mass is 79.9. The third kappa shape index (κ3) is 10.2. The van der Waals surface area contributed by atoms with Crippen molar-refractivity contribution in [2.75, 3.05) is 4.90 Å². The summed E-state index contributed by atoms with van der Waals surface area (Å²) in [6.07, 6.45) is 1.03. The summed E-state index contributed by atoms with van der Waals surface area (Å²) in [5, 5.41) is 5.08. The summed E-state index contributed by atoms with van der Waals surface area (Å²) in [6.45, 7) is 0. The van der Waals surface area contributed by atoms with Crippen molar-refractivity contribution in [2.24, 2.45) is 0 Å². The number of hydrogen-bond donors (Lipinski definition) is 0. The second kappa shape index (κ2) is 22.6. The lowest BCUT2D eigenvalue weighted by molar-refractivity contribution is 1.18. The number of halogens is 1. The van der Waals surface area contributed by atoms with Crippen molar-refractivity contribution >= 4 is 76.6 Å². The van der Waals surface area contributed by atoms with Gasteiger partial charge in [0.15, 0.2) is 0 Å². The van der Waals surface area contributed by atoms with Gasteiger partial charge in [0.05, 0.1) is 27.8 Å². The minimum Gasteiger partial charge on any atom is -0.310 e. The van der Waals surface area contributed by atoms with Gasteiger partial charge in [0.25, 0.3) is 0 Å². The van der Waals surface area contributed by atoms with E-state index in [1.807, 2.05) is 6.07 Å². The zero-order chi connectivity index (χ0) is 51.8. The molecule has 0 unspecified atom stereocenters. The van der Waals surface area contributed by atoms with Gasteiger partial charge in [0.2, 0.25) is 0 Å². The van der Waals surface area contributed by atoms with E-state index in [0.29, 0.717) is 0 Å². The van der Waals surface area contributed by atoms with E-state index < -0.39 is 0 Å². The van der Waals surface area contributed by atoms with Crippen LogP contribution in [0.1, 0.15) is 11.1 Å². The van der Waals surface area contributed by atoms with Gasteiger partial charge in [-0.15, -0.1) is 0 Å². The van der Waals surface area contributed by atoms with Gasteiger partial charge < -0.3 is 14.0 Å². The molecule has 0 aliphatic heterocycles. The summed E-state index contributed by atoms with van der Waals surface area (Å²) in [7, 11) is 0. The minimum atomic E-state index is 1.03. The fourth-order valence-electron chi connectivity index (χ4n) is 10.6. The average Bonchev–Trinajstić information content (AvgIpc) is 4.16. The number of benzene rings is 12. The molecule has 0 atom stereocenters. The quantitative estimate of drug-likeness (QED) is 0.140. The van der Waals surface area contributed by atoms with Gasteiger partial charge in [-0.2, -0.15) is 0 Å². The van der Waals surface area contributed by atoms with E-state index in [2.05, 4.69) is 339 Å². The van der Waals surface area contributed by atoms with Gasteiger partial charge in [0, 0.05) is 54.3 Å². The Bertz CT molecular complexity index is 4150. The van der Waals surface area contributed by atoms with Crippen LogP contribution in [0.4, 0.5) is 17.1 Å². The predicted molar refractivity (Wildman–Crippen MR) is 331 cm³/mol. The Morgan fingerprint density at radius 3 is 1.10 bits per heavy atom. The second-order valence-electron chi connectivity index (χ2n) is 19.0. The summed E-state index contributed by atoms with van der Waals surface area (Å²) >= 11 is 3.69. The third-order valence-electron chi connectivity index (χ3n) is 14.1. The highest BCUT2D eigenvalue weighted by molar-refractivity contribution is 9.10. The van der Waals surface area contributed by atoms with Gasteiger partial charge in [-0.25, -0.2) is 0 Å². The lowest BCUT2D eigenvalue weighted by Gasteiger charge is -2.27. The average molecular weight is 1050 g/mol. The maximum Gasteiger partial charge on any atom is 0.0547 e. The molecule has 2 heterocycles. The first-order valence-electron chi connectivity index (χ1n) is 26.2. The van der Waals surface area contributed by atoms with E-state index in [1.165, 1.54) is 88.4 Å². The Morgan fingerprint density at radius 2 is 0.636 bits per heavy atom. The molecule has 77 heavy (non-hydrogen) atoms. The molecule has 0 amide bonds. The van der Waals surface area contributed by atoms with E-state index in [1.54, 1.807) is 0 Å². The van der Waals surface area contributed by atoms with Crippen molar-refractivity contribution in [1.29, 1.82) is 0 Å². The van der Waals surface area contributed by atoms with Crippen LogP contribution in [0.15, 0.2) is 320 Å². The molecular weight excluding hydrogens is 999 g/mol. The highest BCUT2D eigenvalue weighted by Gasteiger charge is 2.19. The van der Waals surface area contributed by atoms with Gasteiger partial charge in [0.1, 0.15) is 0 Å². The molecule has 0 fully saturated rings. The number of hydrogen-bond acceptors (Lipinski definition) is 1. The molecule has 2 aromatic heterocycles. The van der Waals surface area contributed by atoms with Crippen LogP contribution in [0.2, 0.25) is 0 Å². The molecule has 14 rings (SSSR count). The van der Waals surface area contributed by atoms with Crippen molar-refractivity contribution < 1.29 is 0 Å². The molecule has 0 saturated carbocycles. The van der Waals surface area contributed by atoms with E-state index in [4.69, 9.17) is 0 Å². The van der Waals surface area contributed by atoms with Crippen molar-refractivity contribution in [3.05, 3.63) is 331 Å². The van der Waals surface area contributed by atoms with E-state index in [9.17, 15) is 0 Å². The largest absolute Gasteiger partial charge is 0.310 e. The number of fused-ring (bicyclic) bond motifs is 6. The molecule has 4 heteroatoms. The summed E-state index contributed by atoms with van der Waals surface area (Å²) < 4.78 is 5.84. The van der Waals surface area contributed by atoms with Gasteiger partial charge in [-0.05, 0) is 119 Å².